The Morgan fingerprint density at radius 1 is 1.11 bits per heavy atom. The highest BCUT2D eigenvalue weighted by Crippen LogP contribution is 2.19. The van der Waals surface area contributed by atoms with Gasteiger partial charge in [-0.1, -0.05) is 18.2 Å². The molecule has 0 amide bonds. The van der Waals surface area contributed by atoms with Gasteiger partial charge in [0.2, 0.25) is 5.69 Å². The van der Waals surface area contributed by atoms with Gasteiger partial charge in [0, 0.05) is 12.1 Å². The zero-order valence-corrected chi connectivity index (χ0v) is 9.56. The van der Waals surface area contributed by atoms with Crippen molar-refractivity contribution in [2.45, 2.75) is 5.79 Å². The van der Waals surface area contributed by atoms with Gasteiger partial charge in [-0.3, -0.25) is 20.2 Å². The Morgan fingerprint density at radius 2 is 1.61 bits per heavy atom. The Bertz CT molecular complexity index is 478. The lowest BCUT2D eigenvalue weighted by Gasteiger charge is -2.07. The summed E-state index contributed by atoms with van der Waals surface area (Å²) in [5.41, 5.74) is -0.0734. The van der Waals surface area contributed by atoms with Crippen LogP contribution in [0.1, 0.15) is 0 Å². The van der Waals surface area contributed by atoms with E-state index in [1.54, 1.807) is 6.07 Å². The highest BCUT2D eigenvalue weighted by Gasteiger charge is 2.61. The van der Waals surface area contributed by atoms with Crippen molar-refractivity contribution in [3.05, 3.63) is 55.8 Å². The number of hydrogen-bond donors (Lipinski definition) is 0. The Balaban J connectivity index is 3.26. The van der Waals surface area contributed by atoms with E-state index in [0.29, 0.717) is 0 Å². The van der Waals surface area contributed by atoms with E-state index in [0.717, 1.165) is 0 Å². The van der Waals surface area contributed by atoms with Crippen molar-refractivity contribution in [2.24, 2.45) is 5.11 Å². The molecule has 0 atom stereocenters. The van der Waals surface area contributed by atoms with Crippen LogP contribution in [0.5, 0.6) is 0 Å². The van der Waals surface area contributed by atoms with Crippen LogP contribution >= 0.6 is 11.6 Å². The van der Waals surface area contributed by atoms with Crippen molar-refractivity contribution >= 4 is 17.3 Å². The third kappa shape index (κ3) is 2.51. The van der Waals surface area contributed by atoms with Crippen LogP contribution in [0.2, 0.25) is 0 Å². The van der Waals surface area contributed by atoms with E-state index in [1.165, 1.54) is 24.3 Å². The first-order valence-electron chi connectivity index (χ1n) is 4.54. The first kappa shape index (κ1) is 13.8. The molecule has 0 saturated carbocycles. The SMILES string of the molecule is O=[N+]([O-])C(CCl)(N=[N+]([O-])c1ccccc1)[N+](=O)[O-]. The molecule has 0 aliphatic rings. The molecular weight excluding hydrogens is 268 g/mol. The van der Waals surface area contributed by atoms with Crippen LogP contribution < -0.4 is 0 Å². The van der Waals surface area contributed by atoms with Gasteiger partial charge in [0.25, 0.3) is 0 Å². The normalized spacial score (nSPS) is 12.2. The molecule has 0 radical (unpaired) electrons. The molecule has 96 valence electrons. The van der Waals surface area contributed by atoms with E-state index in [9.17, 15) is 25.4 Å². The zero-order chi connectivity index (χ0) is 13.8. The smallest absolute Gasteiger partial charge is 0.594 e. The van der Waals surface area contributed by atoms with Gasteiger partial charge in [-0.2, -0.15) is 0 Å². The van der Waals surface area contributed by atoms with Gasteiger partial charge in [0.1, 0.15) is 15.0 Å². The van der Waals surface area contributed by atoms with E-state index in [4.69, 9.17) is 11.6 Å². The van der Waals surface area contributed by atoms with E-state index in [-0.39, 0.29) is 10.5 Å². The van der Waals surface area contributed by atoms with Crippen LogP contribution in [0.15, 0.2) is 35.4 Å². The van der Waals surface area contributed by atoms with Crippen LogP contribution in [0.3, 0.4) is 0 Å². The quantitative estimate of drug-likeness (QED) is 0.202. The summed E-state index contributed by atoms with van der Waals surface area (Å²) in [6, 6.07) is 7.17. The number of para-hydroxylation sites is 1. The van der Waals surface area contributed by atoms with E-state index < -0.39 is 21.5 Å². The van der Waals surface area contributed by atoms with Crippen molar-refractivity contribution in [3.8, 4) is 0 Å². The number of halogens is 1. The molecule has 1 aromatic rings. The van der Waals surface area contributed by atoms with Crippen molar-refractivity contribution in [2.75, 3.05) is 5.88 Å². The molecule has 0 aliphatic heterocycles. The van der Waals surface area contributed by atoms with Crippen molar-refractivity contribution < 1.29 is 14.7 Å². The monoisotopic (exact) mass is 274 g/mol. The summed E-state index contributed by atoms with van der Waals surface area (Å²) in [4.78, 5) is 18.6. The first-order valence-corrected chi connectivity index (χ1v) is 5.07. The molecule has 0 fully saturated rings. The minimum absolute atomic E-state index is 0.0734. The van der Waals surface area contributed by atoms with Crippen LogP contribution in [0.25, 0.3) is 0 Å². The molecule has 10 heteroatoms. The number of hydrogen-bond acceptors (Lipinski definition) is 6. The Kier molecular flexibility index (Phi) is 4.10. The molecule has 0 aromatic heterocycles. The number of benzene rings is 1. The second kappa shape index (κ2) is 5.36. The van der Waals surface area contributed by atoms with Crippen molar-refractivity contribution in [1.82, 2.24) is 0 Å². The molecule has 0 aliphatic carbocycles. The average Bonchev–Trinajstić information content (AvgIpc) is 2.36. The molecular formula is C8H7ClN4O5. The minimum Gasteiger partial charge on any atom is -0.594 e. The maximum Gasteiger partial charge on any atom is 0.624 e. The van der Waals surface area contributed by atoms with E-state index in [1.807, 2.05) is 0 Å². The Morgan fingerprint density at radius 3 is 2.00 bits per heavy atom. The molecule has 0 unspecified atom stereocenters. The lowest BCUT2D eigenvalue weighted by molar-refractivity contribution is -0.805. The van der Waals surface area contributed by atoms with Gasteiger partial charge in [0.05, 0.1) is 0 Å². The summed E-state index contributed by atoms with van der Waals surface area (Å²) in [6.45, 7) is 0. The summed E-state index contributed by atoms with van der Waals surface area (Å²) < 4.78 is 0. The zero-order valence-electron chi connectivity index (χ0n) is 8.80. The minimum atomic E-state index is -3.08. The molecule has 9 nitrogen and oxygen atoms in total. The Labute approximate surface area is 105 Å². The number of alkyl halides is 1. The van der Waals surface area contributed by atoms with Crippen LogP contribution in [-0.2, 0) is 0 Å². The molecule has 18 heavy (non-hydrogen) atoms. The predicted octanol–water partition coefficient (Wildman–Crippen LogP) is 1.73. The van der Waals surface area contributed by atoms with Crippen molar-refractivity contribution in [1.29, 1.82) is 0 Å². The van der Waals surface area contributed by atoms with Gasteiger partial charge in [-0.15, -0.1) is 11.6 Å². The maximum absolute atomic E-state index is 11.5. The molecule has 1 aromatic carbocycles. The van der Waals surface area contributed by atoms with Gasteiger partial charge in [-0.25, -0.2) is 0 Å². The Hall–Kier alpha value is -2.29. The highest BCUT2D eigenvalue weighted by atomic mass is 35.5. The van der Waals surface area contributed by atoms with Gasteiger partial charge >= 0.3 is 5.79 Å². The molecule has 0 spiro atoms. The molecule has 1 rings (SSSR count). The van der Waals surface area contributed by atoms with Gasteiger partial charge < -0.3 is 5.21 Å². The second-order valence-corrected chi connectivity index (χ2v) is 3.40. The van der Waals surface area contributed by atoms with E-state index >= 15 is 0 Å². The van der Waals surface area contributed by atoms with Crippen LogP contribution in [0.4, 0.5) is 5.69 Å². The number of nitro groups is 2. The van der Waals surface area contributed by atoms with Crippen molar-refractivity contribution in [3.63, 3.8) is 0 Å². The highest BCUT2D eigenvalue weighted by molar-refractivity contribution is 6.18. The fourth-order valence-corrected chi connectivity index (χ4v) is 1.27. The van der Waals surface area contributed by atoms with Crippen LogP contribution in [0, 0.1) is 25.4 Å². The average molecular weight is 275 g/mol. The van der Waals surface area contributed by atoms with Gasteiger partial charge in [0.15, 0.2) is 5.88 Å². The standard InChI is InChI=1S/C8H7ClN4O5/c9-6-8(12(15)16,13(17)18)10-11(14)7-4-2-1-3-5-7/h1-5H,6H2. The third-order valence-electron chi connectivity index (χ3n) is 1.99. The molecule has 0 N–H and O–H groups in total. The molecule has 0 heterocycles. The number of azo groups is 1. The molecule has 0 saturated heterocycles. The van der Waals surface area contributed by atoms with Crippen LogP contribution in [-0.4, -0.2) is 26.4 Å². The summed E-state index contributed by atoms with van der Waals surface area (Å²) >= 11 is 5.20. The maximum atomic E-state index is 11.5. The summed E-state index contributed by atoms with van der Waals surface area (Å²) in [6.07, 6.45) is 0. The molecule has 0 bridgehead atoms. The lowest BCUT2D eigenvalue weighted by Crippen LogP contribution is -2.47. The predicted molar refractivity (Wildman–Crippen MR) is 59.6 cm³/mol. The fraction of sp³-hybridized carbons (Fsp3) is 0.250. The largest absolute Gasteiger partial charge is 0.624 e. The second-order valence-electron chi connectivity index (χ2n) is 3.13. The third-order valence-corrected chi connectivity index (χ3v) is 2.35. The van der Waals surface area contributed by atoms with E-state index in [2.05, 4.69) is 5.11 Å². The summed E-state index contributed by atoms with van der Waals surface area (Å²) in [5, 5.41) is 35.8. The fourth-order valence-electron chi connectivity index (χ4n) is 1.02. The number of nitrogens with zero attached hydrogens (tertiary/aromatic N) is 4. The number of rotatable bonds is 5. The van der Waals surface area contributed by atoms with Gasteiger partial charge in [-0.05, 0) is 4.86 Å². The first-order chi connectivity index (χ1) is 8.44. The summed E-state index contributed by atoms with van der Waals surface area (Å²) in [5.74, 6) is -4.14. The summed E-state index contributed by atoms with van der Waals surface area (Å²) in [7, 11) is 0. The topological polar surface area (TPSA) is 125 Å². The lowest BCUT2D eigenvalue weighted by atomic mass is 10.3.